The van der Waals surface area contributed by atoms with Crippen molar-refractivity contribution in [2.45, 2.75) is 19.0 Å². The normalized spacial score (nSPS) is 11.9. The standard InChI is InChI=1S/C19H18FN3OS/c20-15-8-6-14(7-9-15)11-22-18(24)17-12-25-19(23-17)16(21)10-13-4-2-1-3-5-13/h1-9,12,16H,10-11,21H2,(H,22,24). The number of nitrogens with zero attached hydrogens (tertiary/aromatic N) is 1. The Morgan fingerprint density at radius 2 is 1.84 bits per heavy atom. The number of carbonyl (C=O) groups is 1. The molecule has 1 amide bonds. The molecule has 0 aliphatic heterocycles. The fraction of sp³-hybridized carbons (Fsp3) is 0.158. The first-order valence-corrected chi connectivity index (χ1v) is 8.77. The molecule has 1 unspecified atom stereocenters. The highest BCUT2D eigenvalue weighted by molar-refractivity contribution is 7.09. The molecule has 0 aliphatic carbocycles. The van der Waals surface area contributed by atoms with Crippen LogP contribution in [0.25, 0.3) is 0 Å². The summed E-state index contributed by atoms with van der Waals surface area (Å²) in [5.41, 5.74) is 8.51. The Morgan fingerprint density at radius 3 is 2.56 bits per heavy atom. The quantitative estimate of drug-likeness (QED) is 0.712. The number of thiazole rings is 1. The van der Waals surface area contributed by atoms with Gasteiger partial charge >= 0.3 is 0 Å². The summed E-state index contributed by atoms with van der Waals surface area (Å²) >= 11 is 1.38. The second-order valence-electron chi connectivity index (χ2n) is 5.68. The highest BCUT2D eigenvalue weighted by Gasteiger charge is 2.15. The van der Waals surface area contributed by atoms with Crippen molar-refractivity contribution in [3.63, 3.8) is 0 Å². The van der Waals surface area contributed by atoms with Gasteiger partial charge in [0.1, 0.15) is 16.5 Å². The maximum absolute atomic E-state index is 12.9. The van der Waals surface area contributed by atoms with Gasteiger partial charge in [0.15, 0.2) is 0 Å². The molecule has 6 heteroatoms. The molecule has 2 aromatic carbocycles. The molecule has 3 aromatic rings. The van der Waals surface area contributed by atoms with Crippen LogP contribution in [0.15, 0.2) is 60.0 Å². The minimum Gasteiger partial charge on any atom is -0.347 e. The fourth-order valence-electron chi connectivity index (χ4n) is 2.39. The molecule has 0 fully saturated rings. The number of amides is 1. The highest BCUT2D eigenvalue weighted by Crippen LogP contribution is 2.20. The van der Waals surface area contributed by atoms with Crippen LogP contribution < -0.4 is 11.1 Å². The van der Waals surface area contributed by atoms with Crippen molar-refractivity contribution in [2.24, 2.45) is 5.73 Å². The van der Waals surface area contributed by atoms with Crippen molar-refractivity contribution >= 4 is 17.2 Å². The van der Waals surface area contributed by atoms with Crippen molar-refractivity contribution in [1.29, 1.82) is 0 Å². The molecule has 0 bridgehead atoms. The second-order valence-corrected chi connectivity index (χ2v) is 6.57. The minimum absolute atomic E-state index is 0.244. The van der Waals surface area contributed by atoms with Crippen LogP contribution in [0.4, 0.5) is 4.39 Å². The van der Waals surface area contributed by atoms with E-state index in [0.29, 0.717) is 18.7 Å². The molecule has 0 aliphatic rings. The number of halogens is 1. The molecule has 4 nitrogen and oxygen atoms in total. The summed E-state index contributed by atoms with van der Waals surface area (Å²) in [4.78, 5) is 16.6. The Labute approximate surface area is 149 Å². The summed E-state index contributed by atoms with van der Waals surface area (Å²) in [7, 11) is 0. The van der Waals surface area contributed by atoms with Crippen LogP contribution in [-0.2, 0) is 13.0 Å². The largest absolute Gasteiger partial charge is 0.347 e. The van der Waals surface area contributed by atoms with E-state index in [4.69, 9.17) is 5.73 Å². The van der Waals surface area contributed by atoms with Crippen molar-refractivity contribution in [3.05, 3.63) is 87.6 Å². The Morgan fingerprint density at radius 1 is 1.12 bits per heavy atom. The third-order valence-corrected chi connectivity index (χ3v) is 4.71. The molecule has 3 N–H and O–H groups in total. The third kappa shape index (κ3) is 4.71. The predicted octanol–water partition coefficient (Wildman–Crippen LogP) is 3.45. The monoisotopic (exact) mass is 355 g/mol. The molecule has 25 heavy (non-hydrogen) atoms. The lowest BCUT2D eigenvalue weighted by atomic mass is 10.1. The van der Waals surface area contributed by atoms with E-state index in [-0.39, 0.29) is 17.8 Å². The van der Waals surface area contributed by atoms with Crippen molar-refractivity contribution in [1.82, 2.24) is 10.3 Å². The molecule has 1 aromatic heterocycles. The molecule has 1 atom stereocenters. The molecule has 0 saturated heterocycles. The maximum atomic E-state index is 12.9. The highest BCUT2D eigenvalue weighted by atomic mass is 32.1. The van der Waals surface area contributed by atoms with Gasteiger partial charge in [0.2, 0.25) is 0 Å². The smallest absolute Gasteiger partial charge is 0.271 e. The third-order valence-electron chi connectivity index (χ3n) is 3.74. The summed E-state index contributed by atoms with van der Waals surface area (Å²) in [5.74, 6) is -0.564. The summed E-state index contributed by atoms with van der Waals surface area (Å²) < 4.78 is 12.9. The lowest BCUT2D eigenvalue weighted by Crippen LogP contribution is -2.23. The number of hydrogen-bond donors (Lipinski definition) is 2. The van der Waals surface area contributed by atoms with E-state index >= 15 is 0 Å². The van der Waals surface area contributed by atoms with Crippen LogP contribution in [-0.4, -0.2) is 10.9 Å². The van der Waals surface area contributed by atoms with E-state index in [9.17, 15) is 9.18 Å². The van der Waals surface area contributed by atoms with Gasteiger partial charge in [0.25, 0.3) is 5.91 Å². The second kappa shape index (κ2) is 8.00. The zero-order chi connectivity index (χ0) is 17.6. The number of benzene rings is 2. The Balaban J connectivity index is 1.58. The van der Waals surface area contributed by atoms with E-state index in [0.717, 1.165) is 16.1 Å². The van der Waals surface area contributed by atoms with Crippen LogP contribution in [0.3, 0.4) is 0 Å². The summed E-state index contributed by atoms with van der Waals surface area (Å²) in [6.07, 6.45) is 0.672. The Bertz CT molecular complexity index is 833. The number of hydrogen-bond acceptors (Lipinski definition) is 4. The topological polar surface area (TPSA) is 68.0 Å². The van der Waals surface area contributed by atoms with E-state index in [1.807, 2.05) is 30.3 Å². The summed E-state index contributed by atoms with van der Waals surface area (Å²) in [6.45, 7) is 0.321. The van der Waals surface area contributed by atoms with E-state index in [1.165, 1.54) is 23.5 Å². The van der Waals surface area contributed by atoms with Crippen molar-refractivity contribution in [2.75, 3.05) is 0 Å². The van der Waals surface area contributed by atoms with E-state index in [1.54, 1.807) is 17.5 Å². The lowest BCUT2D eigenvalue weighted by molar-refractivity contribution is 0.0946. The number of nitrogens with one attached hydrogen (secondary N) is 1. The number of carbonyl (C=O) groups excluding carboxylic acids is 1. The molecule has 0 saturated carbocycles. The molecular weight excluding hydrogens is 337 g/mol. The first-order valence-electron chi connectivity index (χ1n) is 7.89. The average molecular weight is 355 g/mol. The lowest BCUT2D eigenvalue weighted by Gasteiger charge is -2.08. The number of nitrogens with two attached hydrogens (primary N) is 1. The first kappa shape index (κ1) is 17.3. The zero-order valence-corrected chi connectivity index (χ0v) is 14.3. The number of rotatable bonds is 6. The van der Waals surface area contributed by atoms with Crippen molar-refractivity contribution in [3.8, 4) is 0 Å². The average Bonchev–Trinajstić information content (AvgIpc) is 3.12. The molecule has 1 heterocycles. The van der Waals surface area contributed by atoms with Gasteiger partial charge in [-0.15, -0.1) is 11.3 Å². The molecule has 0 radical (unpaired) electrons. The SMILES string of the molecule is NC(Cc1ccccc1)c1nc(C(=O)NCc2ccc(F)cc2)cs1. The molecule has 128 valence electrons. The van der Waals surface area contributed by atoms with Gasteiger partial charge in [0.05, 0.1) is 6.04 Å². The van der Waals surface area contributed by atoms with Gasteiger partial charge < -0.3 is 11.1 Å². The van der Waals surface area contributed by atoms with Gasteiger partial charge in [-0.25, -0.2) is 9.37 Å². The molecule has 0 spiro atoms. The Hall–Kier alpha value is -2.57. The van der Waals surface area contributed by atoms with Gasteiger partial charge in [-0.2, -0.15) is 0 Å². The predicted molar refractivity (Wildman–Crippen MR) is 96.8 cm³/mol. The minimum atomic E-state index is -0.299. The van der Waals surface area contributed by atoms with Gasteiger partial charge in [0, 0.05) is 11.9 Å². The first-order chi connectivity index (χ1) is 12.1. The van der Waals surface area contributed by atoms with Gasteiger partial charge in [-0.1, -0.05) is 42.5 Å². The van der Waals surface area contributed by atoms with E-state index in [2.05, 4.69) is 10.3 Å². The van der Waals surface area contributed by atoms with Crippen LogP contribution in [0.5, 0.6) is 0 Å². The maximum Gasteiger partial charge on any atom is 0.271 e. The van der Waals surface area contributed by atoms with Crippen LogP contribution in [0.1, 0.15) is 32.7 Å². The van der Waals surface area contributed by atoms with Gasteiger partial charge in [-0.3, -0.25) is 4.79 Å². The van der Waals surface area contributed by atoms with Crippen molar-refractivity contribution < 1.29 is 9.18 Å². The molecule has 3 rings (SSSR count). The summed E-state index contributed by atoms with van der Waals surface area (Å²) in [6, 6.07) is 15.7. The fourth-order valence-corrected chi connectivity index (χ4v) is 3.19. The Kier molecular flexibility index (Phi) is 5.53. The zero-order valence-electron chi connectivity index (χ0n) is 13.5. The van der Waals surface area contributed by atoms with Crippen LogP contribution in [0.2, 0.25) is 0 Å². The van der Waals surface area contributed by atoms with Crippen LogP contribution >= 0.6 is 11.3 Å². The van der Waals surface area contributed by atoms with Gasteiger partial charge in [-0.05, 0) is 29.7 Å². The summed E-state index contributed by atoms with van der Waals surface area (Å²) in [5, 5.41) is 5.22. The van der Waals surface area contributed by atoms with Crippen LogP contribution in [0, 0.1) is 5.82 Å². The van der Waals surface area contributed by atoms with E-state index < -0.39 is 0 Å². The molecular formula is C19H18FN3OS. The number of aromatic nitrogens is 1.